The Labute approximate surface area is 154 Å². The lowest BCUT2D eigenvalue weighted by molar-refractivity contribution is -0.137. The Hall–Kier alpha value is -1.32. The summed E-state index contributed by atoms with van der Waals surface area (Å²) in [5, 5.41) is 10.8. The first-order chi connectivity index (χ1) is 11.3. The summed E-state index contributed by atoms with van der Waals surface area (Å²) in [6.45, 7) is 2.31. The molecule has 0 bridgehead atoms. The highest BCUT2D eigenvalue weighted by Gasteiger charge is 2.40. The Morgan fingerprint density at radius 2 is 1.96 bits per heavy atom. The largest absolute Gasteiger partial charge is 0.481 e. The number of nitrogens with zero attached hydrogens (tertiary/aromatic N) is 2. The number of carbonyl (C=O) groups is 3. The van der Waals surface area contributed by atoms with Crippen molar-refractivity contribution < 1.29 is 19.5 Å². The molecule has 9 heteroatoms. The zero-order valence-corrected chi connectivity index (χ0v) is 15.9. The highest BCUT2D eigenvalue weighted by Crippen LogP contribution is 2.46. The van der Waals surface area contributed by atoms with E-state index in [-0.39, 0.29) is 28.9 Å². The molecule has 24 heavy (non-hydrogen) atoms. The third-order valence-electron chi connectivity index (χ3n) is 3.56. The van der Waals surface area contributed by atoms with Crippen molar-refractivity contribution in [3.05, 3.63) is 20.1 Å². The van der Waals surface area contributed by atoms with Gasteiger partial charge in [0.25, 0.3) is 11.8 Å². The molecule has 0 aliphatic carbocycles. The number of allylic oxidation sites excluding steroid dienone is 1. The molecule has 2 aliphatic heterocycles. The van der Waals surface area contributed by atoms with Gasteiger partial charge in [0.2, 0.25) is 0 Å². The molecule has 1 fully saturated rings. The Morgan fingerprint density at radius 1 is 1.25 bits per heavy atom. The van der Waals surface area contributed by atoms with Gasteiger partial charge in [-0.15, -0.1) is 0 Å². The van der Waals surface area contributed by atoms with Gasteiger partial charge < -0.3 is 5.11 Å². The third-order valence-corrected chi connectivity index (χ3v) is 6.46. The molecule has 2 aliphatic rings. The smallest absolute Gasteiger partial charge is 0.303 e. The molecule has 0 saturated carbocycles. The van der Waals surface area contributed by atoms with E-state index in [0.717, 1.165) is 4.91 Å². The van der Waals surface area contributed by atoms with Crippen LogP contribution in [0, 0.1) is 0 Å². The van der Waals surface area contributed by atoms with Crippen molar-refractivity contribution in [1.29, 1.82) is 0 Å². The summed E-state index contributed by atoms with van der Waals surface area (Å²) < 4.78 is 0.688. The lowest BCUT2D eigenvalue weighted by Crippen LogP contribution is -2.55. The lowest BCUT2D eigenvalue weighted by atomic mass is 10.1. The van der Waals surface area contributed by atoms with Crippen LogP contribution in [0.25, 0.3) is 0 Å². The molecule has 6 nitrogen and oxygen atoms in total. The van der Waals surface area contributed by atoms with Crippen molar-refractivity contribution in [2.45, 2.75) is 32.6 Å². The molecular weight excluding hydrogens is 368 g/mol. The monoisotopic (exact) mass is 386 g/mol. The lowest BCUT2D eigenvalue weighted by Gasteiger charge is -2.35. The van der Waals surface area contributed by atoms with Gasteiger partial charge in [-0.05, 0) is 42.3 Å². The highest BCUT2D eigenvalue weighted by molar-refractivity contribution is 8.28. The van der Waals surface area contributed by atoms with Crippen molar-refractivity contribution >= 4 is 58.6 Å². The number of carboxylic acid groups (broad SMARTS) is 1. The van der Waals surface area contributed by atoms with Crippen LogP contribution in [0.15, 0.2) is 20.1 Å². The molecule has 0 aromatic rings. The van der Waals surface area contributed by atoms with Gasteiger partial charge in [-0.2, -0.15) is 0 Å². The molecule has 2 amide bonds. The van der Waals surface area contributed by atoms with Gasteiger partial charge in [-0.1, -0.05) is 29.9 Å². The van der Waals surface area contributed by atoms with E-state index in [2.05, 4.69) is 0 Å². The number of carbonyl (C=O) groups excluding carboxylic acids is 2. The van der Waals surface area contributed by atoms with Crippen LogP contribution in [-0.4, -0.2) is 51.4 Å². The fraction of sp³-hybridized carbons (Fsp3) is 0.467. The second-order valence-corrected chi connectivity index (χ2v) is 8.18. The van der Waals surface area contributed by atoms with Crippen molar-refractivity contribution in [2.24, 2.45) is 0 Å². The standard InChI is InChI=1S/C15H18N2O4S3/c1-9-8-23-14(24-9)11-12(20)16(2)15(22)17(13(11)21)7-5-3-4-6-10(18)19/h8H,3-7H2,1-2H3,(H,18,19)/b14-11+. The topological polar surface area (TPSA) is 77.9 Å². The fourth-order valence-corrected chi connectivity index (χ4v) is 4.74. The average Bonchev–Trinajstić information content (AvgIpc) is 2.94. The Kier molecular flexibility index (Phi) is 6.47. The Balaban J connectivity index is 2.08. The van der Waals surface area contributed by atoms with Crippen LogP contribution < -0.4 is 0 Å². The third kappa shape index (κ3) is 4.20. The number of unbranched alkanes of at least 4 members (excludes halogenated alkanes) is 2. The molecule has 0 aromatic heterocycles. The van der Waals surface area contributed by atoms with Gasteiger partial charge in [-0.3, -0.25) is 24.2 Å². The van der Waals surface area contributed by atoms with Gasteiger partial charge in [0.1, 0.15) is 5.57 Å². The summed E-state index contributed by atoms with van der Waals surface area (Å²) >= 11 is 8.04. The van der Waals surface area contributed by atoms with Crippen LogP contribution in [0.2, 0.25) is 0 Å². The van der Waals surface area contributed by atoms with Crippen molar-refractivity contribution in [3.63, 3.8) is 0 Å². The second kappa shape index (κ2) is 8.17. The number of thiocarbonyl (C=S) groups is 1. The molecule has 1 N–H and O–H groups in total. The predicted octanol–water partition coefficient (Wildman–Crippen LogP) is 2.77. The predicted molar refractivity (Wildman–Crippen MR) is 99.1 cm³/mol. The van der Waals surface area contributed by atoms with Gasteiger partial charge in [0, 0.05) is 20.0 Å². The van der Waals surface area contributed by atoms with Crippen LogP contribution in [0.1, 0.15) is 32.6 Å². The van der Waals surface area contributed by atoms with Crippen LogP contribution in [0.5, 0.6) is 0 Å². The molecule has 2 rings (SSSR count). The first kappa shape index (κ1) is 19.0. The molecule has 0 spiro atoms. The van der Waals surface area contributed by atoms with E-state index >= 15 is 0 Å². The van der Waals surface area contributed by atoms with E-state index in [1.54, 1.807) is 7.05 Å². The number of carboxylic acids is 1. The average molecular weight is 387 g/mol. The molecule has 1 saturated heterocycles. The quantitative estimate of drug-likeness (QED) is 0.325. The maximum atomic E-state index is 12.7. The van der Waals surface area contributed by atoms with Gasteiger partial charge >= 0.3 is 5.97 Å². The van der Waals surface area contributed by atoms with Crippen LogP contribution in [0.4, 0.5) is 0 Å². The van der Waals surface area contributed by atoms with Crippen molar-refractivity contribution in [2.75, 3.05) is 13.6 Å². The summed E-state index contributed by atoms with van der Waals surface area (Å²) in [6, 6.07) is 0. The SMILES string of the molecule is CC1=CS/C(=C2/C(=O)N(C)C(=S)N(CCCCCC(=O)O)C2=O)S1. The van der Waals surface area contributed by atoms with E-state index in [0.29, 0.717) is 30.0 Å². The number of hydrogen-bond donors (Lipinski definition) is 1. The minimum Gasteiger partial charge on any atom is -0.481 e. The number of aliphatic carboxylic acids is 1. The number of thioether (sulfide) groups is 2. The maximum absolute atomic E-state index is 12.7. The number of hydrogen-bond acceptors (Lipinski definition) is 6. The van der Waals surface area contributed by atoms with Crippen molar-refractivity contribution in [1.82, 2.24) is 9.80 Å². The zero-order chi connectivity index (χ0) is 17.9. The number of amides is 2. The number of likely N-dealkylation sites (N-methyl/N-ethyl adjacent to an activating group) is 1. The number of rotatable bonds is 6. The summed E-state index contributed by atoms with van der Waals surface area (Å²) in [4.78, 5) is 39.5. The van der Waals surface area contributed by atoms with Crippen LogP contribution in [-0.2, 0) is 14.4 Å². The molecular formula is C15H18N2O4S3. The maximum Gasteiger partial charge on any atom is 0.303 e. The molecule has 0 radical (unpaired) electrons. The first-order valence-corrected chi connectivity index (χ1v) is 9.54. The normalized spacial score (nSPS) is 21.6. The Morgan fingerprint density at radius 3 is 2.54 bits per heavy atom. The minimum atomic E-state index is -0.824. The van der Waals surface area contributed by atoms with E-state index < -0.39 is 5.97 Å². The second-order valence-electron chi connectivity index (χ2n) is 5.42. The molecule has 2 heterocycles. The first-order valence-electron chi connectivity index (χ1n) is 7.44. The van der Waals surface area contributed by atoms with Crippen molar-refractivity contribution in [3.8, 4) is 0 Å². The molecule has 0 aromatic carbocycles. The summed E-state index contributed by atoms with van der Waals surface area (Å²) in [7, 11) is 1.57. The highest BCUT2D eigenvalue weighted by atomic mass is 32.2. The fourth-order valence-electron chi connectivity index (χ4n) is 2.28. The van der Waals surface area contributed by atoms with Crippen LogP contribution in [0.3, 0.4) is 0 Å². The van der Waals surface area contributed by atoms with E-state index in [1.807, 2.05) is 12.3 Å². The van der Waals surface area contributed by atoms with Gasteiger partial charge in [0.15, 0.2) is 5.11 Å². The molecule has 0 atom stereocenters. The molecule has 0 unspecified atom stereocenters. The summed E-state index contributed by atoms with van der Waals surface area (Å²) in [5.41, 5.74) is 0.166. The van der Waals surface area contributed by atoms with E-state index in [9.17, 15) is 14.4 Å². The summed E-state index contributed by atoms with van der Waals surface area (Å²) in [6.07, 6.45) is 2.00. The summed E-state index contributed by atoms with van der Waals surface area (Å²) in [5.74, 6) is -1.56. The molecule has 130 valence electrons. The Bertz CT molecular complexity index is 657. The van der Waals surface area contributed by atoms with Crippen LogP contribution >= 0.6 is 35.7 Å². The van der Waals surface area contributed by atoms with Gasteiger partial charge in [-0.25, -0.2) is 0 Å². The minimum absolute atomic E-state index is 0.115. The zero-order valence-electron chi connectivity index (χ0n) is 13.4. The van der Waals surface area contributed by atoms with E-state index in [4.69, 9.17) is 17.3 Å². The van der Waals surface area contributed by atoms with E-state index in [1.165, 1.54) is 33.3 Å². The van der Waals surface area contributed by atoms with Gasteiger partial charge in [0.05, 0.1) is 4.24 Å².